The molecule has 0 bridgehead atoms. The van der Waals surface area contributed by atoms with Gasteiger partial charge in [0, 0.05) is 18.8 Å². The molecule has 6 nitrogen and oxygen atoms in total. The Morgan fingerprint density at radius 2 is 1.79 bits per heavy atom. The van der Waals surface area contributed by atoms with Crippen molar-refractivity contribution in [2.45, 2.75) is 53.4 Å². The Kier molecular flexibility index (Phi) is 9.35. The molecule has 0 atom stereocenters. The number of carbonyl (C=O) groups excluding carboxylic acids is 1. The predicted octanol–water partition coefficient (Wildman–Crippen LogP) is 6.93. The highest BCUT2D eigenvalue weighted by molar-refractivity contribution is 6.35. The topological polar surface area (TPSA) is 56.6 Å². The molecule has 0 spiro atoms. The number of halogens is 4. The van der Waals surface area contributed by atoms with E-state index in [9.17, 15) is 18.0 Å². The first-order valence-electron chi connectivity index (χ1n) is 12.3. The number of benzene rings is 2. The average molecular weight is 552 g/mol. The van der Waals surface area contributed by atoms with Gasteiger partial charge >= 0.3 is 6.18 Å². The summed E-state index contributed by atoms with van der Waals surface area (Å²) in [5.41, 5.74) is 1.09. The van der Waals surface area contributed by atoms with E-state index in [4.69, 9.17) is 21.1 Å². The van der Waals surface area contributed by atoms with E-state index >= 15 is 0 Å². The van der Waals surface area contributed by atoms with Gasteiger partial charge in [-0.05, 0) is 49.9 Å². The molecule has 0 unspecified atom stereocenters. The van der Waals surface area contributed by atoms with Crippen LogP contribution in [0.15, 0.2) is 36.4 Å². The quantitative estimate of drug-likeness (QED) is 0.274. The van der Waals surface area contributed by atoms with E-state index in [2.05, 4.69) is 18.8 Å². The Morgan fingerprint density at radius 3 is 2.39 bits per heavy atom. The summed E-state index contributed by atoms with van der Waals surface area (Å²) in [4.78, 5) is 20.0. The van der Waals surface area contributed by atoms with Crippen LogP contribution in [0.2, 0.25) is 5.02 Å². The fourth-order valence-corrected chi connectivity index (χ4v) is 4.54. The number of ether oxygens (including phenoxy) is 2. The number of methoxy groups -OCH3 is 2. The molecule has 0 aliphatic rings. The smallest absolute Gasteiger partial charge is 0.416 e. The van der Waals surface area contributed by atoms with Gasteiger partial charge in [-0.3, -0.25) is 4.79 Å². The SMILES string of the molecule is COc1ccc(C(=O)N(CCC(C)C)Cc2nc(C)c(C)n2Cc2ccccc2C(F)(F)F)c(Cl)c1OC. The Bertz CT molecular complexity index is 1290. The molecule has 3 aromatic rings. The number of hydrogen-bond acceptors (Lipinski definition) is 4. The van der Waals surface area contributed by atoms with E-state index in [1.165, 1.54) is 26.4 Å². The van der Waals surface area contributed by atoms with Crippen LogP contribution in [0.1, 0.15) is 59.0 Å². The molecule has 1 aromatic heterocycles. The molecule has 206 valence electrons. The zero-order chi connectivity index (χ0) is 28.2. The van der Waals surface area contributed by atoms with Crippen LogP contribution in [0.4, 0.5) is 13.2 Å². The third-order valence-corrected chi connectivity index (χ3v) is 6.87. The molecule has 1 amide bonds. The van der Waals surface area contributed by atoms with E-state index in [0.29, 0.717) is 36.2 Å². The molecule has 0 radical (unpaired) electrons. The van der Waals surface area contributed by atoms with Gasteiger partial charge in [0.15, 0.2) is 11.5 Å². The Hall–Kier alpha value is -3.20. The second-order valence-electron chi connectivity index (χ2n) is 9.51. The second-order valence-corrected chi connectivity index (χ2v) is 9.89. The third-order valence-electron chi connectivity index (χ3n) is 6.50. The van der Waals surface area contributed by atoms with Crippen molar-refractivity contribution in [2.24, 2.45) is 5.92 Å². The fraction of sp³-hybridized carbons (Fsp3) is 0.429. The summed E-state index contributed by atoms with van der Waals surface area (Å²) in [7, 11) is 2.92. The van der Waals surface area contributed by atoms with Crippen molar-refractivity contribution in [3.63, 3.8) is 0 Å². The van der Waals surface area contributed by atoms with Gasteiger partial charge in [-0.1, -0.05) is 43.6 Å². The van der Waals surface area contributed by atoms with Gasteiger partial charge < -0.3 is 18.9 Å². The van der Waals surface area contributed by atoms with Gasteiger partial charge in [0.05, 0.1) is 42.6 Å². The van der Waals surface area contributed by atoms with Crippen LogP contribution in [0.5, 0.6) is 11.5 Å². The lowest BCUT2D eigenvalue weighted by atomic mass is 10.1. The molecule has 0 saturated heterocycles. The number of imidazole rings is 1. The maximum Gasteiger partial charge on any atom is 0.416 e. The van der Waals surface area contributed by atoms with Crippen LogP contribution >= 0.6 is 11.6 Å². The first-order valence-corrected chi connectivity index (χ1v) is 12.6. The number of alkyl halides is 3. The number of amides is 1. The van der Waals surface area contributed by atoms with E-state index in [1.807, 2.05) is 6.92 Å². The number of carbonyl (C=O) groups is 1. The summed E-state index contributed by atoms with van der Waals surface area (Å²) in [6.45, 7) is 8.19. The van der Waals surface area contributed by atoms with Crippen molar-refractivity contribution in [3.8, 4) is 11.5 Å². The van der Waals surface area contributed by atoms with Crippen molar-refractivity contribution in [3.05, 3.63) is 75.3 Å². The minimum absolute atomic E-state index is 0.0268. The summed E-state index contributed by atoms with van der Waals surface area (Å²) >= 11 is 6.55. The highest BCUT2D eigenvalue weighted by atomic mass is 35.5. The van der Waals surface area contributed by atoms with Crippen LogP contribution in [-0.2, 0) is 19.3 Å². The summed E-state index contributed by atoms with van der Waals surface area (Å²) in [6.07, 6.45) is -3.77. The molecule has 0 fully saturated rings. The van der Waals surface area contributed by atoms with Crippen LogP contribution < -0.4 is 9.47 Å². The largest absolute Gasteiger partial charge is 0.493 e. The molecule has 38 heavy (non-hydrogen) atoms. The number of nitrogens with zero attached hydrogens (tertiary/aromatic N) is 3. The fourth-order valence-electron chi connectivity index (χ4n) is 4.22. The Balaban J connectivity index is 2.02. The molecular weight excluding hydrogens is 519 g/mol. The summed E-state index contributed by atoms with van der Waals surface area (Å²) in [5.74, 6) is 1.12. The molecule has 0 saturated carbocycles. The van der Waals surface area contributed by atoms with Crippen molar-refractivity contribution < 1.29 is 27.4 Å². The maximum atomic E-state index is 13.8. The lowest BCUT2D eigenvalue weighted by Gasteiger charge is -2.25. The zero-order valence-electron chi connectivity index (χ0n) is 22.4. The lowest BCUT2D eigenvalue weighted by molar-refractivity contribution is -0.138. The molecule has 0 aliphatic heterocycles. The van der Waals surface area contributed by atoms with E-state index < -0.39 is 11.7 Å². The number of aryl methyl sites for hydroxylation is 1. The van der Waals surface area contributed by atoms with Crippen molar-refractivity contribution in [2.75, 3.05) is 20.8 Å². The standard InChI is InChI=1S/C28H33ClF3N3O3/c1-17(2)13-14-34(27(36)21-11-12-23(37-5)26(38-6)25(21)29)16-24-33-18(3)19(4)35(24)15-20-9-7-8-10-22(20)28(30,31)32/h7-12,17H,13-16H2,1-6H3. The zero-order valence-corrected chi connectivity index (χ0v) is 23.2. The van der Waals surface area contributed by atoms with Gasteiger partial charge in [-0.25, -0.2) is 4.98 Å². The Labute approximate surface area is 226 Å². The number of aromatic nitrogens is 2. The minimum atomic E-state index is -4.48. The van der Waals surface area contributed by atoms with Crippen LogP contribution in [0.3, 0.4) is 0 Å². The van der Waals surface area contributed by atoms with Crippen LogP contribution in [0, 0.1) is 19.8 Å². The molecule has 1 heterocycles. The highest BCUT2D eigenvalue weighted by Gasteiger charge is 2.33. The summed E-state index contributed by atoms with van der Waals surface area (Å²) < 4.78 is 53.4. The monoisotopic (exact) mass is 551 g/mol. The van der Waals surface area contributed by atoms with Gasteiger partial charge in [0.25, 0.3) is 5.91 Å². The lowest BCUT2D eigenvalue weighted by Crippen LogP contribution is -2.33. The van der Waals surface area contributed by atoms with Crippen LogP contribution in [-0.4, -0.2) is 41.1 Å². The van der Waals surface area contributed by atoms with E-state index in [-0.39, 0.29) is 40.9 Å². The first-order chi connectivity index (χ1) is 17.9. The Morgan fingerprint density at radius 1 is 1.11 bits per heavy atom. The first kappa shape index (κ1) is 29.4. The number of hydrogen-bond donors (Lipinski definition) is 0. The van der Waals surface area contributed by atoms with E-state index in [1.54, 1.807) is 34.6 Å². The highest BCUT2D eigenvalue weighted by Crippen LogP contribution is 2.38. The van der Waals surface area contributed by atoms with Crippen molar-refractivity contribution >= 4 is 17.5 Å². The van der Waals surface area contributed by atoms with Gasteiger partial charge in [0.2, 0.25) is 0 Å². The molecule has 0 aliphatic carbocycles. The van der Waals surface area contributed by atoms with Gasteiger partial charge in [-0.15, -0.1) is 0 Å². The predicted molar refractivity (Wildman–Crippen MR) is 141 cm³/mol. The van der Waals surface area contributed by atoms with E-state index in [0.717, 1.165) is 11.8 Å². The van der Waals surface area contributed by atoms with Gasteiger partial charge in [0.1, 0.15) is 5.82 Å². The molecule has 2 aromatic carbocycles. The molecular formula is C28H33ClF3N3O3. The maximum absolute atomic E-state index is 13.8. The number of rotatable bonds is 10. The van der Waals surface area contributed by atoms with Gasteiger partial charge in [-0.2, -0.15) is 13.2 Å². The third kappa shape index (κ3) is 6.43. The molecule has 0 N–H and O–H groups in total. The normalized spacial score (nSPS) is 11.7. The van der Waals surface area contributed by atoms with Crippen molar-refractivity contribution in [1.29, 1.82) is 0 Å². The molecule has 3 rings (SSSR count). The molecule has 10 heteroatoms. The summed E-state index contributed by atoms with van der Waals surface area (Å²) in [5, 5.41) is 0.126. The van der Waals surface area contributed by atoms with Crippen molar-refractivity contribution in [1.82, 2.24) is 14.5 Å². The minimum Gasteiger partial charge on any atom is -0.493 e. The van der Waals surface area contributed by atoms with Crippen LogP contribution in [0.25, 0.3) is 0 Å². The summed E-state index contributed by atoms with van der Waals surface area (Å²) in [6, 6.07) is 8.69. The second kappa shape index (κ2) is 12.1. The average Bonchev–Trinajstić information content (AvgIpc) is 3.12.